The van der Waals surface area contributed by atoms with Gasteiger partial charge in [0.2, 0.25) is 12.2 Å². The summed E-state index contributed by atoms with van der Waals surface area (Å²) in [6.45, 7) is 12.6. The molecule has 0 radical (unpaired) electrons. The number of aromatic nitrogens is 4. The summed E-state index contributed by atoms with van der Waals surface area (Å²) < 4.78 is 38.1. The van der Waals surface area contributed by atoms with Crippen LogP contribution in [0, 0.1) is 11.8 Å². The Morgan fingerprint density at radius 3 is 2.15 bits per heavy atom. The minimum Gasteiger partial charge on any atom is -0.506 e. The van der Waals surface area contributed by atoms with Gasteiger partial charge in [-0.1, -0.05) is 27.7 Å². The van der Waals surface area contributed by atoms with E-state index in [-0.39, 0.29) is 30.6 Å². The Morgan fingerprint density at radius 1 is 1.09 bits per heavy atom. The Labute approximate surface area is 273 Å². The molecule has 2 aromatic heterocycles. The van der Waals surface area contributed by atoms with Gasteiger partial charge in [0.05, 0.1) is 13.2 Å². The third-order valence-corrected chi connectivity index (χ3v) is 9.70. The fourth-order valence-electron chi connectivity index (χ4n) is 5.41. The SMILES string of the molecule is CCOC(=O)[C@@H](NP(=O)(N[C@H](C(=O)OCC)C(C)C)OCC1=C(O)C(C)(O)[C@H](n2cnc3c(N4CCCC4)nc(N)nc32)O1)C(C)C. The first kappa shape index (κ1) is 36.3. The van der Waals surface area contributed by atoms with Crippen LogP contribution in [0.25, 0.3) is 11.2 Å². The van der Waals surface area contributed by atoms with E-state index < -0.39 is 67.7 Å². The number of rotatable bonds is 15. The Morgan fingerprint density at radius 2 is 1.64 bits per heavy atom. The van der Waals surface area contributed by atoms with Gasteiger partial charge in [-0.05, 0) is 45.4 Å². The van der Waals surface area contributed by atoms with E-state index in [1.54, 1.807) is 41.5 Å². The standard InChI is InChI=1S/C29H47N8O9P/c1-8-43-25(39)19(16(3)4)34-47(42,35-20(17(5)6)26(40)44-9-2)45-14-18-22(38)29(7,41)27(46-18)37-15-31-21-23(36-12-10-11-13-36)32-28(30)33-24(21)37/h15-17,19-20,27,38,41H,8-14H2,1-7H3,(H2,30,32,33)(H2,34,35,42)/t19-,20-,27+,29?/m0/s1. The largest absolute Gasteiger partial charge is 0.506 e. The first-order chi connectivity index (χ1) is 22.1. The fourth-order valence-corrected chi connectivity index (χ4v) is 7.48. The smallest absolute Gasteiger partial charge is 0.342 e. The molecule has 2 aliphatic heterocycles. The predicted molar refractivity (Wildman–Crippen MR) is 172 cm³/mol. The quantitative estimate of drug-likeness (QED) is 0.134. The summed E-state index contributed by atoms with van der Waals surface area (Å²) in [5.74, 6) is -2.42. The summed E-state index contributed by atoms with van der Waals surface area (Å²) in [4.78, 5) is 40.9. The maximum absolute atomic E-state index is 14.4. The summed E-state index contributed by atoms with van der Waals surface area (Å²) >= 11 is 0. The first-order valence-electron chi connectivity index (χ1n) is 15.8. The fraction of sp³-hybridized carbons (Fsp3) is 0.690. The predicted octanol–water partition coefficient (Wildman–Crippen LogP) is 2.54. The number of nitrogen functional groups attached to an aromatic ring is 1. The van der Waals surface area contributed by atoms with Crippen molar-refractivity contribution in [2.75, 3.05) is 43.5 Å². The van der Waals surface area contributed by atoms with E-state index in [1.165, 1.54) is 17.8 Å². The molecule has 1 fully saturated rings. The van der Waals surface area contributed by atoms with Gasteiger partial charge in [-0.3, -0.25) is 23.2 Å². The lowest BCUT2D eigenvalue weighted by Crippen LogP contribution is -2.48. The van der Waals surface area contributed by atoms with Crippen LogP contribution >= 0.6 is 7.67 Å². The van der Waals surface area contributed by atoms with E-state index in [9.17, 15) is 24.4 Å². The van der Waals surface area contributed by atoms with Crippen LogP contribution < -0.4 is 20.8 Å². The van der Waals surface area contributed by atoms with Crippen molar-refractivity contribution in [2.45, 2.75) is 85.2 Å². The number of carbonyl (C=O) groups is 2. The molecule has 4 rings (SSSR count). The molecule has 18 heteroatoms. The average Bonchev–Trinajstić information content (AvgIpc) is 3.73. The molecule has 4 atom stereocenters. The number of hydrogen-bond donors (Lipinski definition) is 5. The van der Waals surface area contributed by atoms with Crippen LogP contribution in [0.3, 0.4) is 0 Å². The van der Waals surface area contributed by atoms with Crippen molar-refractivity contribution in [2.24, 2.45) is 11.8 Å². The second-order valence-corrected chi connectivity index (χ2v) is 14.2. The van der Waals surface area contributed by atoms with Gasteiger partial charge in [-0.15, -0.1) is 0 Å². The highest BCUT2D eigenvalue weighted by molar-refractivity contribution is 7.54. The number of nitrogens with one attached hydrogen (secondary N) is 2. The molecule has 0 amide bonds. The molecular weight excluding hydrogens is 635 g/mol. The zero-order valence-electron chi connectivity index (χ0n) is 27.9. The highest BCUT2D eigenvalue weighted by Gasteiger charge is 2.49. The number of esters is 2. The molecule has 1 saturated heterocycles. The molecule has 0 spiro atoms. The number of nitrogens with zero attached hydrogens (tertiary/aromatic N) is 5. The van der Waals surface area contributed by atoms with Gasteiger partial charge < -0.3 is 35.1 Å². The number of aliphatic hydroxyl groups excluding tert-OH is 1. The molecule has 4 heterocycles. The summed E-state index contributed by atoms with van der Waals surface area (Å²) in [5, 5.41) is 28.0. The summed E-state index contributed by atoms with van der Waals surface area (Å²) in [7, 11) is -4.33. The van der Waals surface area contributed by atoms with Crippen molar-refractivity contribution in [1.82, 2.24) is 29.7 Å². The van der Waals surface area contributed by atoms with Crippen molar-refractivity contribution in [3.63, 3.8) is 0 Å². The van der Waals surface area contributed by atoms with Gasteiger partial charge in [-0.25, -0.2) is 15.2 Å². The van der Waals surface area contributed by atoms with Crippen LogP contribution in [0.1, 0.15) is 67.5 Å². The van der Waals surface area contributed by atoms with Crippen LogP contribution in [-0.2, 0) is 32.9 Å². The van der Waals surface area contributed by atoms with Crippen molar-refractivity contribution >= 4 is 42.5 Å². The van der Waals surface area contributed by atoms with Crippen LogP contribution in [0.5, 0.6) is 0 Å². The zero-order valence-corrected chi connectivity index (χ0v) is 28.8. The molecule has 0 aliphatic carbocycles. The van der Waals surface area contributed by atoms with Gasteiger partial charge in [0, 0.05) is 13.1 Å². The van der Waals surface area contributed by atoms with Crippen LogP contribution in [0.4, 0.5) is 11.8 Å². The third kappa shape index (κ3) is 7.81. The number of anilines is 2. The highest BCUT2D eigenvalue weighted by Crippen LogP contribution is 2.46. The van der Waals surface area contributed by atoms with Crippen molar-refractivity contribution in [3.05, 3.63) is 17.8 Å². The zero-order chi connectivity index (χ0) is 34.7. The molecule has 17 nitrogen and oxygen atoms in total. The molecule has 2 aliphatic rings. The molecule has 1 unspecified atom stereocenters. The Bertz CT molecular complexity index is 1490. The Hall–Kier alpha value is -3.50. The van der Waals surface area contributed by atoms with Crippen LogP contribution in [0.15, 0.2) is 17.8 Å². The van der Waals surface area contributed by atoms with Gasteiger partial charge >= 0.3 is 19.6 Å². The van der Waals surface area contributed by atoms with E-state index in [2.05, 4.69) is 30.0 Å². The average molecular weight is 683 g/mol. The third-order valence-electron chi connectivity index (χ3n) is 7.97. The lowest BCUT2D eigenvalue weighted by atomic mass is 10.0. The molecule has 262 valence electrons. The van der Waals surface area contributed by atoms with E-state index in [0.29, 0.717) is 11.3 Å². The summed E-state index contributed by atoms with van der Waals surface area (Å²) in [6, 6.07) is -2.20. The minimum atomic E-state index is -4.33. The van der Waals surface area contributed by atoms with Crippen LogP contribution in [0.2, 0.25) is 0 Å². The lowest BCUT2D eigenvalue weighted by molar-refractivity contribution is -0.146. The van der Waals surface area contributed by atoms with Crippen molar-refractivity contribution in [3.8, 4) is 0 Å². The van der Waals surface area contributed by atoms with Gasteiger partial charge in [-0.2, -0.15) is 9.97 Å². The number of aliphatic hydroxyl groups is 2. The number of ether oxygens (including phenoxy) is 3. The highest BCUT2D eigenvalue weighted by atomic mass is 31.2. The van der Waals surface area contributed by atoms with Crippen molar-refractivity contribution < 1.29 is 43.1 Å². The van der Waals surface area contributed by atoms with E-state index in [0.717, 1.165) is 25.9 Å². The van der Waals surface area contributed by atoms with Gasteiger partial charge in [0.1, 0.15) is 25.0 Å². The monoisotopic (exact) mass is 682 g/mol. The minimum absolute atomic E-state index is 0.000211. The molecular formula is C29H47N8O9P. The maximum atomic E-state index is 14.4. The number of nitrogens with two attached hydrogens (primary N) is 1. The van der Waals surface area contributed by atoms with Gasteiger partial charge in [0.25, 0.3) is 0 Å². The number of hydrogen-bond acceptors (Lipinski definition) is 14. The molecule has 0 saturated carbocycles. The molecule has 6 N–H and O–H groups in total. The molecule has 2 aromatic rings. The summed E-state index contributed by atoms with van der Waals surface area (Å²) in [6.07, 6.45) is 2.12. The number of carbonyl (C=O) groups excluding carboxylic acids is 2. The van der Waals surface area contributed by atoms with E-state index in [4.69, 9.17) is 24.5 Å². The number of imidazole rings is 1. The maximum Gasteiger partial charge on any atom is 0.342 e. The second kappa shape index (κ2) is 14.7. The Balaban J connectivity index is 1.64. The first-order valence-corrected chi connectivity index (χ1v) is 17.5. The van der Waals surface area contributed by atoms with Crippen LogP contribution in [-0.4, -0.2) is 92.3 Å². The second-order valence-electron chi connectivity index (χ2n) is 12.3. The van der Waals surface area contributed by atoms with E-state index >= 15 is 0 Å². The topological polar surface area (TPSA) is 226 Å². The van der Waals surface area contributed by atoms with E-state index in [1.807, 2.05) is 0 Å². The molecule has 0 aromatic carbocycles. The van der Waals surface area contributed by atoms with Crippen molar-refractivity contribution in [1.29, 1.82) is 0 Å². The molecule has 47 heavy (non-hydrogen) atoms. The normalized spacial score (nSPS) is 21.5. The summed E-state index contributed by atoms with van der Waals surface area (Å²) in [5.41, 5.74) is 4.76. The Kier molecular flexibility index (Phi) is 11.4. The molecule has 0 bridgehead atoms. The number of fused-ring (bicyclic) bond motifs is 1. The lowest BCUT2D eigenvalue weighted by Gasteiger charge is -2.31. The van der Waals surface area contributed by atoms with Gasteiger partial charge in [0.15, 0.2) is 34.1 Å².